The van der Waals surface area contributed by atoms with Gasteiger partial charge in [-0.1, -0.05) is 18.2 Å². The van der Waals surface area contributed by atoms with E-state index in [0.29, 0.717) is 25.1 Å². The summed E-state index contributed by atoms with van der Waals surface area (Å²) in [5.74, 6) is -1.12. The molecular formula is C22H34N2O6. The van der Waals surface area contributed by atoms with Crippen LogP contribution in [-0.2, 0) is 19.1 Å². The molecule has 2 rings (SSSR count). The van der Waals surface area contributed by atoms with Crippen molar-refractivity contribution >= 4 is 17.8 Å². The predicted octanol–water partition coefficient (Wildman–Crippen LogP) is 2.63. The molecule has 1 fully saturated rings. The summed E-state index contributed by atoms with van der Waals surface area (Å²) in [6.45, 7) is 11.1. The lowest BCUT2D eigenvalue weighted by Crippen LogP contribution is -2.55. The van der Waals surface area contributed by atoms with Crippen molar-refractivity contribution in [3.05, 3.63) is 23.8 Å². The second-order valence-corrected chi connectivity index (χ2v) is 8.80. The van der Waals surface area contributed by atoms with Gasteiger partial charge in [-0.3, -0.25) is 14.5 Å². The van der Waals surface area contributed by atoms with Crippen molar-refractivity contribution in [1.82, 2.24) is 9.80 Å². The van der Waals surface area contributed by atoms with Gasteiger partial charge < -0.3 is 19.5 Å². The number of Topliss-reactive ketones (excluding diaryl/α,β-unsaturated/α-hetero) is 1. The molecule has 168 valence electrons. The number of ether oxygens (including phenoxy) is 2. The molecule has 1 N–H and O–H groups in total. The Morgan fingerprint density at radius 2 is 1.93 bits per heavy atom. The van der Waals surface area contributed by atoms with Gasteiger partial charge in [0.1, 0.15) is 5.60 Å². The number of carboxylic acid groups (broad SMARTS) is 1. The van der Waals surface area contributed by atoms with Crippen molar-refractivity contribution in [2.45, 2.75) is 64.7 Å². The number of hydrogen-bond acceptors (Lipinski definition) is 6. The average Bonchev–Trinajstić information content (AvgIpc) is 2.65. The van der Waals surface area contributed by atoms with Crippen molar-refractivity contribution in [1.29, 1.82) is 0 Å². The molecule has 2 unspecified atom stereocenters. The average molecular weight is 423 g/mol. The third-order valence-electron chi connectivity index (χ3n) is 5.03. The van der Waals surface area contributed by atoms with Gasteiger partial charge in [0.15, 0.2) is 5.78 Å². The normalized spacial score (nSPS) is 22.5. The molecule has 2 atom stereocenters. The van der Waals surface area contributed by atoms with Crippen LogP contribution in [0.5, 0.6) is 0 Å². The first-order chi connectivity index (χ1) is 14.0. The van der Waals surface area contributed by atoms with E-state index in [1.165, 1.54) is 0 Å². The Bertz CT molecular complexity index is 694. The van der Waals surface area contributed by atoms with Gasteiger partial charge >= 0.3 is 12.1 Å². The van der Waals surface area contributed by atoms with Gasteiger partial charge in [-0.15, -0.1) is 0 Å². The van der Waals surface area contributed by atoms with Crippen molar-refractivity contribution in [2.75, 3.05) is 32.8 Å². The Hall–Kier alpha value is -2.19. The van der Waals surface area contributed by atoms with E-state index in [4.69, 9.17) is 14.6 Å². The molecule has 1 saturated heterocycles. The maximum Gasteiger partial charge on any atom is 0.410 e. The number of ketones is 1. The molecule has 0 aromatic heterocycles. The maximum atomic E-state index is 12.3. The zero-order chi connectivity index (χ0) is 22.3. The maximum absolute atomic E-state index is 12.3. The predicted molar refractivity (Wildman–Crippen MR) is 112 cm³/mol. The fraction of sp³-hybridized carbons (Fsp3) is 0.682. The SMILES string of the molecule is CC1CN(CCOC2C=CC(C(=O)CCC(=O)O)=CC2)CCN1C(=O)OC(C)(C)C. The Balaban J connectivity index is 1.68. The number of hydrogen-bond donors (Lipinski definition) is 1. The smallest absolute Gasteiger partial charge is 0.410 e. The van der Waals surface area contributed by atoms with E-state index in [-0.39, 0.29) is 36.9 Å². The van der Waals surface area contributed by atoms with Crippen molar-refractivity contribution in [3.8, 4) is 0 Å². The molecule has 0 aromatic rings. The number of rotatable bonds is 8. The summed E-state index contributed by atoms with van der Waals surface area (Å²) < 4.78 is 11.4. The third kappa shape index (κ3) is 7.91. The number of piperazine rings is 1. The Kier molecular flexibility index (Phi) is 8.61. The van der Waals surface area contributed by atoms with E-state index >= 15 is 0 Å². The fourth-order valence-corrected chi connectivity index (χ4v) is 3.46. The molecule has 0 saturated carbocycles. The van der Waals surface area contributed by atoms with Gasteiger partial charge in [0, 0.05) is 44.2 Å². The molecule has 0 bridgehead atoms. The van der Waals surface area contributed by atoms with Crippen molar-refractivity contribution < 1.29 is 29.0 Å². The number of carboxylic acids is 1. The van der Waals surface area contributed by atoms with Crippen LogP contribution in [0, 0.1) is 0 Å². The van der Waals surface area contributed by atoms with Gasteiger partial charge in [0.2, 0.25) is 0 Å². The van der Waals surface area contributed by atoms with Crippen LogP contribution in [-0.4, -0.2) is 83.3 Å². The molecule has 8 heteroatoms. The van der Waals surface area contributed by atoms with Crippen LogP contribution in [0.3, 0.4) is 0 Å². The summed E-state index contributed by atoms with van der Waals surface area (Å²) in [6.07, 6.45) is 5.52. The van der Waals surface area contributed by atoms with Crippen molar-refractivity contribution in [3.63, 3.8) is 0 Å². The zero-order valence-corrected chi connectivity index (χ0v) is 18.4. The Morgan fingerprint density at radius 3 is 2.50 bits per heavy atom. The van der Waals surface area contributed by atoms with Gasteiger partial charge in [0.05, 0.1) is 19.1 Å². The molecule has 1 amide bonds. The first-order valence-corrected chi connectivity index (χ1v) is 10.5. The summed E-state index contributed by atoms with van der Waals surface area (Å²) >= 11 is 0. The highest BCUT2D eigenvalue weighted by molar-refractivity contribution is 5.99. The molecule has 0 spiro atoms. The number of aliphatic carboxylic acids is 1. The van der Waals surface area contributed by atoms with E-state index in [9.17, 15) is 14.4 Å². The van der Waals surface area contributed by atoms with Crippen LogP contribution >= 0.6 is 0 Å². The molecule has 1 aliphatic heterocycles. The lowest BCUT2D eigenvalue weighted by molar-refractivity contribution is -0.138. The van der Waals surface area contributed by atoms with Crippen LogP contribution in [0.25, 0.3) is 0 Å². The lowest BCUT2D eigenvalue weighted by atomic mass is 9.99. The highest BCUT2D eigenvalue weighted by Crippen LogP contribution is 2.18. The first kappa shape index (κ1) is 24.1. The molecule has 0 aromatic carbocycles. The van der Waals surface area contributed by atoms with E-state index in [2.05, 4.69) is 4.90 Å². The lowest BCUT2D eigenvalue weighted by Gasteiger charge is -2.40. The van der Waals surface area contributed by atoms with E-state index in [1.807, 2.05) is 39.8 Å². The van der Waals surface area contributed by atoms with E-state index < -0.39 is 11.6 Å². The molecular weight excluding hydrogens is 388 g/mol. The van der Waals surface area contributed by atoms with Crippen molar-refractivity contribution in [2.24, 2.45) is 0 Å². The van der Waals surface area contributed by atoms with Gasteiger partial charge in [0.25, 0.3) is 0 Å². The Morgan fingerprint density at radius 1 is 1.20 bits per heavy atom. The summed E-state index contributed by atoms with van der Waals surface area (Å²) in [6, 6.07) is 0.0745. The second-order valence-electron chi connectivity index (χ2n) is 8.80. The second kappa shape index (κ2) is 10.7. The topological polar surface area (TPSA) is 96.4 Å². The van der Waals surface area contributed by atoms with Crippen LogP contribution in [0.15, 0.2) is 23.8 Å². The van der Waals surface area contributed by atoms with E-state index in [1.54, 1.807) is 11.0 Å². The third-order valence-corrected chi connectivity index (χ3v) is 5.03. The fourth-order valence-electron chi connectivity index (χ4n) is 3.46. The highest BCUT2D eigenvalue weighted by atomic mass is 16.6. The molecule has 2 aliphatic rings. The number of carbonyl (C=O) groups excluding carboxylic acids is 2. The summed E-state index contributed by atoms with van der Waals surface area (Å²) in [7, 11) is 0. The summed E-state index contributed by atoms with van der Waals surface area (Å²) in [5.41, 5.74) is 0.0629. The monoisotopic (exact) mass is 422 g/mol. The van der Waals surface area contributed by atoms with Gasteiger partial charge in [-0.2, -0.15) is 0 Å². The van der Waals surface area contributed by atoms with Crippen LogP contribution < -0.4 is 0 Å². The van der Waals surface area contributed by atoms with Gasteiger partial charge in [-0.25, -0.2) is 4.79 Å². The minimum atomic E-state index is -0.966. The number of carbonyl (C=O) groups is 3. The summed E-state index contributed by atoms with van der Waals surface area (Å²) in [5, 5.41) is 8.67. The number of amides is 1. The highest BCUT2D eigenvalue weighted by Gasteiger charge is 2.30. The molecule has 30 heavy (non-hydrogen) atoms. The zero-order valence-electron chi connectivity index (χ0n) is 18.4. The Labute approximate surface area is 178 Å². The molecule has 0 radical (unpaired) electrons. The van der Waals surface area contributed by atoms with Crippen LogP contribution in [0.4, 0.5) is 4.79 Å². The molecule has 1 heterocycles. The minimum Gasteiger partial charge on any atom is -0.481 e. The van der Waals surface area contributed by atoms with E-state index in [0.717, 1.165) is 19.6 Å². The number of allylic oxidation sites excluding steroid dienone is 2. The quantitative estimate of drug-likeness (QED) is 0.642. The van der Waals surface area contributed by atoms with Crippen LogP contribution in [0.2, 0.25) is 0 Å². The summed E-state index contributed by atoms with van der Waals surface area (Å²) in [4.78, 5) is 38.9. The minimum absolute atomic E-state index is 0.0183. The first-order valence-electron chi connectivity index (χ1n) is 10.5. The number of nitrogens with zero attached hydrogens (tertiary/aromatic N) is 2. The van der Waals surface area contributed by atoms with Crippen LogP contribution in [0.1, 0.15) is 47.0 Å². The molecule has 1 aliphatic carbocycles. The van der Waals surface area contributed by atoms with Gasteiger partial charge in [-0.05, 0) is 34.1 Å². The molecule has 8 nitrogen and oxygen atoms in total. The largest absolute Gasteiger partial charge is 0.481 e. The standard InChI is InChI=1S/C22H34N2O6/c1-16-15-23(11-12-24(16)21(28)30-22(2,3)4)13-14-29-18-7-5-17(6-8-18)19(25)9-10-20(26)27/h5-7,16,18H,8-15H2,1-4H3,(H,26,27).